The summed E-state index contributed by atoms with van der Waals surface area (Å²) in [5.41, 5.74) is 1.51. The summed E-state index contributed by atoms with van der Waals surface area (Å²) in [7, 11) is 0. The van der Waals surface area contributed by atoms with E-state index in [0.717, 1.165) is 17.5 Å². The number of aromatic carboxylic acids is 1. The minimum atomic E-state index is -1.04. The van der Waals surface area contributed by atoms with Gasteiger partial charge in [-0.3, -0.25) is 4.79 Å². The van der Waals surface area contributed by atoms with E-state index in [1.807, 2.05) is 0 Å². The van der Waals surface area contributed by atoms with Gasteiger partial charge in [0.15, 0.2) is 0 Å². The second-order valence-electron chi connectivity index (χ2n) is 3.66. The largest absolute Gasteiger partial charge is 0.478 e. The predicted octanol–water partition coefficient (Wildman–Crippen LogP) is 2.05. The van der Waals surface area contributed by atoms with E-state index < -0.39 is 5.97 Å². The van der Waals surface area contributed by atoms with Crippen LogP contribution in [0.25, 0.3) is 0 Å². The van der Waals surface area contributed by atoms with Crippen molar-refractivity contribution in [2.75, 3.05) is 12.4 Å². The molecule has 0 atom stereocenters. The summed E-state index contributed by atoms with van der Waals surface area (Å²) < 4.78 is 4.79. The molecule has 6 heteroatoms. The second-order valence-corrected chi connectivity index (χ2v) is 4.62. The van der Waals surface area contributed by atoms with E-state index in [2.05, 4.69) is 4.98 Å². The van der Waals surface area contributed by atoms with Crippen molar-refractivity contribution in [1.29, 1.82) is 0 Å². The Kier molecular flexibility index (Phi) is 5.15. The average Bonchev–Trinajstić information content (AvgIpc) is 2.25. The number of pyridine rings is 1. The van der Waals surface area contributed by atoms with Crippen molar-refractivity contribution in [3.8, 4) is 0 Å². The quantitative estimate of drug-likeness (QED) is 0.651. The lowest BCUT2D eigenvalue weighted by atomic mass is 10.1. The molecular weight excluding hydrogens is 254 g/mol. The molecule has 0 bridgehead atoms. The maximum Gasteiger partial charge on any atom is 0.338 e. The summed E-state index contributed by atoms with van der Waals surface area (Å²) in [6.07, 6.45) is 0. The molecule has 1 rings (SSSR count). The molecule has 5 nitrogen and oxygen atoms in total. The van der Waals surface area contributed by atoms with Gasteiger partial charge in [0, 0.05) is 5.69 Å². The summed E-state index contributed by atoms with van der Waals surface area (Å²) in [6.45, 7) is 5.53. The number of carbonyl (C=O) groups excluding carboxylic acids is 1. The van der Waals surface area contributed by atoms with Crippen LogP contribution >= 0.6 is 11.8 Å². The van der Waals surface area contributed by atoms with Gasteiger partial charge in [-0.1, -0.05) is 11.8 Å². The molecule has 1 aromatic rings. The molecule has 0 aliphatic heterocycles. The smallest absolute Gasteiger partial charge is 0.338 e. The van der Waals surface area contributed by atoms with E-state index >= 15 is 0 Å². The van der Waals surface area contributed by atoms with Crippen LogP contribution in [-0.4, -0.2) is 34.4 Å². The predicted molar refractivity (Wildman–Crippen MR) is 68.0 cm³/mol. The molecule has 1 heterocycles. The molecule has 0 radical (unpaired) electrons. The van der Waals surface area contributed by atoms with Gasteiger partial charge in [0.1, 0.15) is 5.03 Å². The minimum Gasteiger partial charge on any atom is -0.478 e. The summed E-state index contributed by atoms with van der Waals surface area (Å²) in [6, 6.07) is 1.71. The SMILES string of the molecule is CCOC(=O)CSc1nc(C)cc(C)c1C(=O)O. The van der Waals surface area contributed by atoms with Crippen LogP contribution in [0, 0.1) is 13.8 Å². The molecule has 0 fully saturated rings. The molecule has 98 valence electrons. The van der Waals surface area contributed by atoms with Crippen LogP contribution in [0.3, 0.4) is 0 Å². The first-order valence-electron chi connectivity index (χ1n) is 5.45. The first kappa shape index (κ1) is 14.5. The number of aryl methyl sites for hydroxylation is 2. The number of aromatic nitrogens is 1. The van der Waals surface area contributed by atoms with Crippen LogP contribution in [0.5, 0.6) is 0 Å². The lowest BCUT2D eigenvalue weighted by molar-refractivity contribution is -0.139. The minimum absolute atomic E-state index is 0.0595. The van der Waals surface area contributed by atoms with Crippen LogP contribution in [0.1, 0.15) is 28.5 Å². The molecular formula is C12H15NO4S. The van der Waals surface area contributed by atoms with Crippen molar-refractivity contribution in [2.24, 2.45) is 0 Å². The molecule has 0 unspecified atom stereocenters. The van der Waals surface area contributed by atoms with E-state index in [1.54, 1.807) is 26.8 Å². The zero-order valence-electron chi connectivity index (χ0n) is 10.5. The highest BCUT2D eigenvalue weighted by Crippen LogP contribution is 2.24. The number of thioether (sulfide) groups is 1. The number of esters is 1. The molecule has 0 aliphatic rings. The number of carboxylic acid groups (broad SMARTS) is 1. The van der Waals surface area contributed by atoms with Crippen molar-refractivity contribution in [2.45, 2.75) is 25.8 Å². The highest BCUT2D eigenvalue weighted by Gasteiger charge is 2.17. The highest BCUT2D eigenvalue weighted by atomic mass is 32.2. The number of carbonyl (C=O) groups is 2. The second kappa shape index (κ2) is 6.39. The summed E-state index contributed by atoms with van der Waals surface area (Å²) in [5, 5.41) is 9.49. The van der Waals surface area contributed by atoms with Gasteiger partial charge in [-0.2, -0.15) is 0 Å². The lowest BCUT2D eigenvalue weighted by Crippen LogP contribution is -2.10. The Bertz CT molecular complexity index is 473. The fourth-order valence-electron chi connectivity index (χ4n) is 1.50. The van der Waals surface area contributed by atoms with Gasteiger partial charge < -0.3 is 9.84 Å². The van der Waals surface area contributed by atoms with Crippen molar-refractivity contribution in [1.82, 2.24) is 4.98 Å². The van der Waals surface area contributed by atoms with Crippen LogP contribution < -0.4 is 0 Å². The molecule has 0 saturated heterocycles. The number of nitrogens with zero attached hydrogens (tertiary/aromatic N) is 1. The van der Waals surface area contributed by atoms with Crippen LogP contribution in [0.15, 0.2) is 11.1 Å². The lowest BCUT2D eigenvalue weighted by Gasteiger charge is -2.08. The number of rotatable bonds is 5. The summed E-state index contributed by atoms with van der Waals surface area (Å²) in [5.74, 6) is -1.35. The first-order valence-corrected chi connectivity index (χ1v) is 6.44. The van der Waals surface area contributed by atoms with E-state index in [1.165, 1.54) is 0 Å². The van der Waals surface area contributed by atoms with Crippen molar-refractivity contribution < 1.29 is 19.4 Å². The topological polar surface area (TPSA) is 76.5 Å². The molecule has 0 aromatic carbocycles. The molecule has 1 N–H and O–H groups in total. The molecule has 0 aliphatic carbocycles. The Hall–Kier alpha value is -1.56. The highest BCUT2D eigenvalue weighted by molar-refractivity contribution is 8.00. The Morgan fingerprint density at radius 2 is 2.11 bits per heavy atom. The van der Waals surface area contributed by atoms with Gasteiger partial charge in [-0.15, -0.1) is 0 Å². The maximum absolute atomic E-state index is 11.2. The van der Waals surface area contributed by atoms with E-state index in [4.69, 9.17) is 9.84 Å². The first-order chi connectivity index (χ1) is 8.45. The van der Waals surface area contributed by atoms with Crippen LogP contribution in [0.4, 0.5) is 0 Å². The number of carboxylic acids is 1. The Labute approximate surface area is 110 Å². The summed E-state index contributed by atoms with van der Waals surface area (Å²) >= 11 is 1.09. The Morgan fingerprint density at radius 1 is 1.44 bits per heavy atom. The number of ether oxygens (including phenoxy) is 1. The number of hydrogen-bond acceptors (Lipinski definition) is 5. The van der Waals surface area contributed by atoms with Gasteiger partial charge in [0.25, 0.3) is 0 Å². The van der Waals surface area contributed by atoms with Gasteiger partial charge in [0.2, 0.25) is 0 Å². The normalized spacial score (nSPS) is 10.2. The Balaban J connectivity index is 2.93. The molecule has 0 saturated carbocycles. The molecule has 18 heavy (non-hydrogen) atoms. The average molecular weight is 269 g/mol. The summed E-state index contributed by atoms with van der Waals surface area (Å²) in [4.78, 5) is 26.6. The maximum atomic E-state index is 11.2. The zero-order valence-corrected chi connectivity index (χ0v) is 11.3. The van der Waals surface area contributed by atoms with Crippen molar-refractivity contribution >= 4 is 23.7 Å². The third kappa shape index (κ3) is 3.73. The molecule has 1 aromatic heterocycles. The van der Waals surface area contributed by atoms with Crippen molar-refractivity contribution in [3.63, 3.8) is 0 Å². The fraction of sp³-hybridized carbons (Fsp3) is 0.417. The van der Waals surface area contributed by atoms with Gasteiger partial charge in [0.05, 0.1) is 17.9 Å². The number of hydrogen-bond donors (Lipinski definition) is 1. The van der Waals surface area contributed by atoms with E-state index in [-0.39, 0.29) is 17.3 Å². The Morgan fingerprint density at radius 3 is 2.67 bits per heavy atom. The van der Waals surface area contributed by atoms with Gasteiger partial charge in [-0.05, 0) is 32.4 Å². The standard InChI is InChI=1S/C12H15NO4S/c1-4-17-9(14)6-18-11-10(12(15)16)7(2)5-8(3)13-11/h5H,4,6H2,1-3H3,(H,15,16). The van der Waals surface area contributed by atoms with Crippen LogP contribution in [0.2, 0.25) is 0 Å². The van der Waals surface area contributed by atoms with Gasteiger partial charge in [-0.25, -0.2) is 9.78 Å². The fourth-order valence-corrected chi connectivity index (χ4v) is 2.44. The third-order valence-electron chi connectivity index (χ3n) is 2.16. The van der Waals surface area contributed by atoms with Crippen LogP contribution in [-0.2, 0) is 9.53 Å². The third-order valence-corrected chi connectivity index (χ3v) is 3.11. The zero-order chi connectivity index (χ0) is 13.7. The monoisotopic (exact) mass is 269 g/mol. The molecule has 0 amide bonds. The van der Waals surface area contributed by atoms with Gasteiger partial charge >= 0.3 is 11.9 Å². The van der Waals surface area contributed by atoms with E-state index in [0.29, 0.717) is 17.2 Å². The van der Waals surface area contributed by atoms with E-state index in [9.17, 15) is 9.59 Å². The molecule has 0 spiro atoms. The van der Waals surface area contributed by atoms with Crippen molar-refractivity contribution in [3.05, 3.63) is 22.9 Å².